The van der Waals surface area contributed by atoms with Crippen LogP contribution in [0, 0.1) is 6.92 Å². The lowest BCUT2D eigenvalue weighted by atomic mass is 10.0. The molecule has 1 aliphatic rings. The Kier molecular flexibility index (Phi) is 9.73. The summed E-state index contributed by atoms with van der Waals surface area (Å²) in [7, 11) is 0. The van der Waals surface area contributed by atoms with Crippen LogP contribution in [0.5, 0.6) is 0 Å². The molecule has 1 amide bonds. The molecule has 1 fully saturated rings. The van der Waals surface area contributed by atoms with Crippen LogP contribution in [0.4, 0.5) is 11.4 Å². The van der Waals surface area contributed by atoms with E-state index < -0.39 is 0 Å². The summed E-state index contributed by atoms with van der Waals surface area (Å²) in [5.74, 6) is 0.100. The molecule has 0 atom stereocenters. The fraction of sp³-hybridized carbons (Fsp3) is 0.448. The van der Waals surface area contributed by atoms with Crippen molar-refractivity contribution in [2.75, 3.05) is 29.9 Å². The summed E-state index contributed by atoms with van der Waals surface area (Å²) < 4.78 is 0. The predicted octanol–water partition coefficient (Wildman–Crippen LogP) is 5.99. The number of aryl methyl sites for hydroxylation is 3. The first-order valence-electron chi connectivity index (χ1n) is 13.0. The van der Waals surface area contributed by atoms with E-state index in [-0.39, 0.29) is 5.91 Å². The van der Waals surface area contributed by atoms with Gasteiger partial charge in [0.15, 0.2) is 0 Å². The molecule has 2 N–H and O–H groups in total. The van der Waals surface area contributed by atoms with E-state index in [0.717, 1.165) is 51.0 Å². The van der Waals surface area contributed by atoms with Gasteiger partial charge in [0.05, 0.1) is 11.2 Å². The Morgan fingerprint density at radius 2 is 1.77 bits per heavy atom. The Morgan fingerprint density at radius 1 is 1.00 bits per heavy atom. The standard InChI is InChI=1S/C29H38N4OS/c1-23-28(35-22-31-23)11-7-19-30-25-17-20-33(21-18-25)27-15-13-26(14-16-27)32-29(34)12-6-5-10-24-8-3-2-4-9-24/h2-4,8-9,13-16,22,25,30H,5-7,10-12,17-21H2,1H3,(H,32,34). The lowest BCUT2D eigenvalue weighted by Gasteiger charge is -2.34. The number of amides is 1. The highest BCUT2D eigenvalue weighted by Crippen LogP contribution is 2.22. The second-order valence-corrected chi connectivity index (χ2v) is 10.4. The lowest BCUT2D eigenvalue weighted by Crippen LogP contribution is -2.42. The number of unbranched alkanes of at least 4 members (excludes halogenated alkanes) is 1. The topological polar surface area (TPSA) is 57.3 Å². The van der Waals surface area contributed by atoms with Gasteiger partial charge in [-0.1, -0.05) is 30.3 Å². The number of aromatic nitrogens is 1. The number of thiazole rings is 1. The van der Waals surface area contributed by atoms with E-state index in [0.29, 0.717) is 12.5 Å². The molecule has 6 heteroatoms. The minimum Gasteiger partial charge on any atom is -0.371 e. The first-order chi connectivity index (χ1) is 17.2. The summed E-state index contributed by atoms with van der Waals surface area (Å²) in [5, 5.41) is 6.80. The molecule has 1 aromatic heterocycles. The van der Waals surface area contributed by atoms with Crippen LogP contribution in [-0.2, 0) is 17.6 Å². The Morgan fingerprint density at radius 3 is 2.49 bits per heavy atom. The largest absolute Gasteiger partial charge is 0.371 e. The molecule has 1 aliphatic heterocycles. The van der Waals surface area contributed by atoms with Gasteiger partial charge in [0.25, 0.3) is 0 Å². The maximum Gasteiger partial charge on any atom is 0.224 e. The number of rotatable bonds is 12. The molecule has 4 rings (SSSR count). The molecule has 0 radical (unpaired) electrons. The average molecular weight is 491 g/mol. The van der Waals surface area contributed by atoms with Crippen LogP contribution in [0.2, 0.25) is 0 Å². The van der Waals surface area contributed by atoms with Crippen molar-refractivity contribution in [1.82, 2.24) is 10.3 Å². The molecule has 0 saturated carbocycles. The Bertz CT molecular complexity index is 1030. The maximum absolute atomic E-state index is 12.3. The molecule has 0 aliphatic carbocycles. The Hall–Kier alpha value is -2.70. The predicted molar refractivity (Wildman–Crippen MR) is 147 cm³/mol. The van der Waals surface area contributed by atoms with E-state index in [4.69, 9.17) is 0 Å². The van der Waals surface area contributed by atoms with E-state index in [1.807, 2.05) is 23.7 Å². The summed E-state index contributed by atoms with van der Waals surface area (Å²) in [6, 6.07) is 19.4. The van der Waals surface area contributed by atoms with Crippen molar-refractivity contribution < 1.29 is 4.79 Å². The van der Waals surface area contributed by atoms with Crippen molar-refractivity contribution in [1.29, 1.82) is 0 Å². The minimum atomic E-state index is 0.100. The number of carbonyl (C=O) groups is 1. The number of piperidine rings is 1. The molecule has 2 heterocycles. The van der Waals surface area contributed by atoms with Gasteiger partial charge in [-0.15, -0.1) is 11.3 Å². The van der Waals surface area contributed by atoms with Crippen molar-refractivity contribution in [3.63, 3.8) is 0 Å². The van der Waals surface area contributed by atoms with Crippen LogP contribution in [0.3, 0.4) is 0 Å². The van der Waals surface area contributed by atoms with E-state index in [1.54, 1.807) is 11.3 Å². The van der Waals surface area contributed by atoms with Crippen LogP contribution in [0.1, 0.15) is 54.7 Å². The number of hydrogen-bond donors (Lipinski definition) is 2. The molecule has 0 spiro atoms. The fourth-order valence-electron chi connectivity index (χ4n) is 4.70. The number of nitrogens with zero attached hydrogens (tertiary/aromatic N) is 2. The highest BCUT2D eigenvalue weighted by Gasteiger charge is 2.19. The van der Waals surface area contributed by atoms with Crippen LogP contribution in [-0.4, -0.2) is 36.6 Å². The number of hydrogen-bond acceptors (Lipinski definition) is 5. The summed E-state index contributed by atoms with van der Waals surface area (Å²) in [6.45, 7) is 5.31. The number of anilines is 2. The van der Waals surface area contributed by atoms with Crippen molar-refractivity contribution in [3.8, 4) is 0 Å². The van der Waals surface area contributed by atoms with Gasteiger partial charge < -0.3 is 15.5 Å². The maximum atomic E-state index is 12.3. The van der Waals surface area contributed by atoms with Crippen molar-refractivity contribution in [2.24, 2.45) is 0 Å². The number of benzene rings is 2. The van der Waals surface area contributed by atoms with Crippen molar-refractivity contribution in [2.45, 2.75) is 64.3 Å². The normalized spacial score (nSPS) is 14.3. The average Bonchev–Trinajstić information content (AvgIpc) is 3.30. The Labute approximate surface area is 214 Å². The zero-order valence-electron chi connectivity index (χ0n) is 20.8. The van der Waals surface area contributed by atoms with Crippen LogP contribution in [0.15, 0.2) is 60.1 Å². The zero-order valence-corrected chi connectivity index (χ0v) is 21.7. The molecule has 0 bridgehead atoms. The monoisotopic (exact) mass is 490 g/mol. The van der Waals surface area contributed by atoms with Gasteiger partial charge in [0.1, 0.15) is 0 Å². The fourth-order valence-corrected chi connectivity index (χ4v) is 5.53. The summed E-state index contributed by atoms with van der Waals surface area (Å²) >= 11 is 1.77. The highest BCUT2D eigenvalue weighted by molar-refractivity contribution is 7.09. The minimum absolute atomic E-state index is 0.100. The summed E-state index contributed by atoms with van der Waals surface area (Å²) in [4.78, 5) is 20.5. The van der Waals surface area contributed by atoms with E-state index in [1.165, 1.54) is 41.1 Å². The quantitative estimate of drug-likeness (QED) is 0.306. The van der Waals surface area contributed by atoms with Crippen molar-refractivity contribution in [3.05, 3.63) is 76.2 Å². The van der Waals surface area contributed by atoms with Crippen molar-refractivity contribution >= 4 is 28.6 Å². The molecule has 0 unspecified atom stereocenters. The molecule has 5 nitrogen and oxygen atoms in total. The molecule has 2 aromatic carbocycles. The van der Waals surface area contributed by atoms with Crippen LogP contribution < -0.4 is 15.5 Å². The van der Waals surface area contributed by atoms with Gasteiger partial charge >= 0.3 is 0 Å². The molecule has 35 heavy (non-hydrogen) atoms. The smallest absolute Gasteiger partial charge is 0.224 e. The van der Waals surface area contributed by atoms with Crippen LogP contribution >= 0.6 is 11.3 Å². The summed E-state index contributed by atoms with van der Waals surface area (Å²) in [5.41, 5.74) is 6.60. The molecule has 1 saturated heterocycles. The second kappa shape index (κ2) is 13.4. The molecular weight excluding hydrogens is 452 g/mol. The van der Waals surface area contributed by atoms with E-state index >= 15 is 0 Å². The van der Waals surface area contributed by atoms with E-state index in [9.17, 15) is 4.79 Å². The third-order valence-electron chi connectivity index (χ3n) is 6.83. The molecule has 186 valence electrons. The van der Waals surface area contributed by atoms with Gasteiger partial charge in [-0.05, 0) is 88.2 Å². The molecular formula is C29H38N4OS. The summed E-state index contributed by atoms with van der Waals surface area (Å²) in [6.07, 6.45) is 8.17. The zero-order chi connectivity index (χ0) is 24.3. The SMILES string of the molecule is Cc1ncsc1CCCNC1CCN(c2ccc(NC(=O)CCCCc3ccccc3)cc2)CC1. The van der Waals surface area contributed by atoms with Crippen LogP contribution in [0.25, 0.3) is 0 Å². The number of nitrogens with one attached hydrogen (secondary N) is 2. The molecule has 3 aromatic rings. The van der Waals surface area contributed by atoms with Gasteiger partial charge in [-0.3, -0.25) is 4.79 Å². The highest BCUT2D eigenvalue weighted by atomic mass is 32.1. The number of carbonyl (C=O) groups excluding carboxylic acids is 1. The third-order valence-corrected chi connectivity index (χ3v) is 7.83. The van der Waals surface area contributed by atoms with Gasteiger partial charge in [-0.2, -0.15) is 0 Å². The van der Waals surface area contributed by atoms with Gasteiger partial charge in [0, 0.05) is 41.8 Å². The first kappa shape index (κ1) is 25.4. The third kappa shape index (κ3) is 8.18. The Balaban J connectivity index is 1.10. The first-order valence-corrected chi connectivity index (χ1v) is 13.9. The van der Waals surface area contributed by atoms with E-state index in [2.05, 4.69) is 63.8 Å². The van der Waals surface area contributed by atoms with Gasteiger partial charge in [0.2, 0.25) is 5.91 Å². The second-order valence-electron chi connectivity index (χ2n) is 9.47. The lowest BCUT2D eigenvalue weighted by molar-refractivity contribution is -0.116. The van der Waals surface area contributed by atoms with Gasteiger partial charge in [-0.25, -0.2) is 4.98 Å².